The minimum Gasteiger partial charge on any atom is -0.368 e. The fourth-order valence-corrected chi connectivity index (χ4v) is 10.2. The average Bonchev–Trinajstić information content (AvgIpc) is 1.57. The summed E-state index contributed by atoms with van der Waals surface area (Å²) in [5.74, 6) is -0.903. The molecule has 0 amide bonds. The van der Waals surface area contributed by atoms with Crippen LogP contribution in [0.2, 0.25) is 0 Å². The van der Waals surface area contributed by atoms with Gasteiger partial charge in [-0.05, 0) is 90.6 Å². The Kier molecular flexibility index (Phi) is 24.7. The highest BCUT2D eigenvalue weighted by molar-refractivity contribution is 5.58. The molecule has 4 aromatic carbocycles. The van der Waals surface area contributed by atoms with Gasteiger partial charge in [-0.25, -0.2) is 35.1 Å². The summed E-state index contributed by atoms with van der Waals surface area (Å²) in [7, 11) is 0. The number of H-pyrrole nitrogens is 4. The van der Waals surface area contributed by atoms with Crippen molar-refractivity contribution in [3.8, 4) is 0 Å². The van der Waals surface area contributed by atoms with Crippen LogP contribution in [-0.2, 0) is 0 Å². The molecule has 8 heterocycles. The first-order valence-corrected chi connectivity index (χ1v) is 33.0. The molecule has 4 unspecified atom stereocenters. The number of halogens is 8. The van der Waals surface area contributed by atoms with Gasteiger partial charge in [-0.3, -0.25) is 20.4 Å². The molecule has 13 rings (SSSR count). The fourth-order valence-electron chi connectivity index (χ4n) is 10.2. The lowest BCUT2D eigenvalue weighted by atomic mass is 9.83. The first-order valence-electron chi connectivity index (χ1n) is 33.0. The molecule has 40 heteroatoms. The molecule has 1 saturated carbocycles. The van der Waals surface area contributed by atoms with Crippen molar-refractivity contribution >= 4 is 101 Å². The zero-order valence-corrected chi connectivity index (χ0v) is 58.5. The van der Waals surface area contributed by atoms with E-state index in [1.807, 2.05) is 52.0 Å². The molecule has 0 aliphatic heterocycles. The highest BCUT2D eigenvalue weighted by Crippen LogP contribution is 2.36. The van der Waals surface area contributed by atoms with E-state index in [1.54, 1.807) is 39.8 Å². The van der Waals surface area contributed by atoms with Crippen LogP contribution in [0, 0.1) is 53.5 Å². The van der Waals surface area contributed by atoms with Crippen LogP contribution >= 0.6 is 0 Å². The molecular weight excluding hydrogens is 1400 g/mol. The Morgan fingerprint density at radius 3 is 1.01 bits per heavy atom. The third-order valence-corrected chi connectivity index (χ3v) is 15.7. The Morgan fingerprint density at radius 2 is 0.701 bits per heavy atom. The molecule has 12 aromatic rings. The highest BCUT2D eigenvalue weighted by Gasteiger charge is 2.24. The van der Waals surface area contributed by atoms with Crippen LogP contribution in [0.1, 0.15) is 149 Å². The molecule has 107 heavy (non-hydrogen) atoms. The number of nitrogen functional groups attached to an aromatic ring is 4. The zero-order chi connectivity index (χ0) is 76.6. The lowest BCUT2D eigenvalue weighted by molar-refractivity contribution is 0.410. The van der Waals surface area contributed by atoms with Gasteiger partial charge in [0, 0.05) is 93.8 Å². The van der Waals surface area contributed by atoms with Gasteiger partial charge in [0.1, 0.15) is 46.5 Å². The number of rotatable bonds is 23. The number of nitrogens with zero attached hydrogens (tertiary/aromatic N) is 16. The third kappa shape index (κ3) is 21.6. The third-order valence-electron chi connectivity index (χ3n) is 15.7. The monoisotopic (exact) mass is 1480 g/mol. The van der Waals surface area contributed by atoms with Gasteiger partial charge < -0.3 is 65.5 Å². The van der Waals surface area contributed by atoms with Gasteiger partial charge in [0.05, 0.1) is 29.9 Å². The van der Waals surface area contributed by atoms with E-state index in [0.717, 1.165) is 59.9 Å². The number of aryl methyl sites for hydroxylation is 1. The Morgan fingerprint density at radius 1 is 0.383 bits per heavy atom. The quantitative estimate of drug-likeness (QED) is 0.0264. The second-order valence-electron chi connectivity index (χ2n) is 24.3. The summed E-state index contributed by atoms with van der Waals surface area (Å²) in [6.45, 7) is 14.6. The van der Waals surface area contributed by atoms with Crippen molar-refractivity contribution in [3.63, 3.8) is 0 Å². The normalized spacial score (nSPS) is 12.9. The number of nitrogens with one attached hydrogen (secondary N) is 12. The number of benzene rings is 4. The first kappa shape index (κ1) is 76.2. The number of nitrogens with two attached hydrogens (primary N) is 4. The maximum atomic E-state index is 14.0. The van der Waals surface area contributed by atoms with E-state index in [1.165, 1.54) is 55.0 Å². The first-order chi connectivity index (χ1) is 51.1. The van der Waals surface area contributed by atoms with Crippen molar-refractivity contribution in [3.05, 3.63) is 195 Å². The Hall–Kier alpha value is -13.5. The summed E-state index contributed by atoms with van der Waals surface area (Å²) >= 11 is 0. The summed E-state index contributed by atoms with van der Waals surface area (Å²) in [6.07, 6.45) is 7.28. The minimum atomic E-state index is -0.664. The van der Waals surface area contributed by atoms with Crippen LogP contribution in [0.5, 0.6) is 0 Å². The summed E-state index contributed by atoms with van der Waals surface area (Å²) in [5.41, 5.74) is 27.7. The van der Waals surface area contributed by atoms with Gasteiger partial charge >= 0.3 is 0 Å². The molecule has 0 spiro atoms. The lowest BCUT2D eigenvalue weighted by Crippen LogP contribution is -2.14. The molecule has 32 nitrogen and oxygen atoms in total. The van der Waals surface area contributed by atoms with Crippen LogP contribution < -0.4 is 65.5 Å². The molecule has 8 aromatic heterocycles. The Balaban J connectivity index is 0.000000153. The lowest BCUT2D eigenvalue weighted by Gasteiger charge is -2.23. The van der Waals surface area contributed by atoms with E-state index in [-0.39, 0.29) is 93.6 Å². The average molecular weight is 1480 g/mol. The second-order valence-corrected chi connectivity index (χ2v) is 24.3. The molecule has 0 radical (unpaired) electrons. The predicted molar refractivity (Wildman–Crippen MR) is 388 cm³/mol. The van der Waals surface area contributed by atoms with E-state index in [0.29, 0.717) is 35.1 Å². The number of anilines is 16. The molecule has 4 atom stereocenters. The molecule has 1 fully saturated rings. The van der Waals surface area contributed by atoms with Gasteiger partial charge in [0.15, 0.2) is 23.3 Å². The summed E-state index contributed by atoms with van der Waals surface area (Å²) < 4.78 is 108. The van der Waals surface area contributed by atoms with Crippen LogP contribution in [0.4, 0.5) is 130 Å². The number of hydrogen-bond acceptors (Lipinski definition) is 28. The molecule has 1 aliphatic rings. The second kappa shape index (κ2) is 34.7. The molecule has 0 saturated heterocycles. The summed E-state index contributed by atoms with van der Waals surface area (Å²) in [4.78, 5) is 48.9. The van der Waals surface area contributed by atoms with Crippen LogP contribution in [0.15, 0.2) is 103 Å². The fraction of sp³-hybridized carbons (Fsp3) is 0.254. The van der Waals surface area contributed by atoms with Crippen molar-refractivity contribution in [2.75, 3.05) is 65.5 Å². The number of hydrogen-bond donors (Lipinski definition) is 16. The molecular formula is C67H74F8N32. The number of allylic oxidation sites excluding steroid dienone is 1. The number of aromatic amines is 4. The van der Waals surface area contributed by atoms with Crippen LogP contribution in [0.3, 0.4) is 0 Å². The standard InChI is InChI=1S/C18H20F2N8.C17H20F2N8.C17H18F2N8.C15H16F2N8/c1-9(12-6-5-11(19)7-13(12)20)22-17-24-16(21)25-18(26-17)23-15-8-14(27-28-15)10-3-2-4-10;1-8(2)13-7-14(27-26-13)22-17-24-15(20)23-16(25-17)21-9(3)11-5-4-10(18)6-12(11)19;1-3-4-11-8-14(27-26-11)22-17-24-15(20)23-16(25-17)21-9(2)12-6-5-10(18)7-13(12)19;1-7-5-12(25-24-7)20-15-22-13(18)21-14(23-15)19-8(2)10-4-3-9(16)6-11(10)17/h5-10H,2-4H2,1H3,(H5,21,22,23,24,25,26,27,28);4-9H,1-3H3,(H5,20,21,22,23,24,25,26,27);3-9H,1-2H3,(H5,20,21,22,23,24,25,26,27);3-6,8H,1-2H3,(H5,18,19,20,21,22,23,24,25)/b;;4-3+;. The van der Waals surface area contributed by atoms with Crippen molar-refractivity contribution < 1.29 is 35.1 Å². The van der Waals surface area contributed by atoms with E-state index in [4.69, 9.17) is 22.9 Å². The van der Waals surface area contributed by atoms with E-state index in [2.05, 4.69) is 143 Å². The van der Waals surface area contributed by atoms with Crippen LogP contribution in [0.25, 0.3) is 6.08 Å². The van der Waals surface area contributed by atoms with Crippen molar-refractivity contribution in [1.29, 1.82) is 0 Å². The maximum absolute atomic E-state index is 14.0. The predicted octanol–water partition coefficient (Wildman–Crippen LogP) is 13.2. The van der Waals surface area contributed by atoms with Crippen LogP contribution in [-0.4, -0.2) is 101 Å². The summed E-state index contributed by atoms with van der Waals surface area (Å²) in [6, 6.07) is 18.8. The Bertz CT molecular complexity index is 5020. The zero-order valence-electron chi connectivity index (χ0n) is 58.5. The Labute approximate surface area is 605 Å². The van der Waals surface area contributed by atoms with Crippen molar-refractivity contribution in [1.82, 2.24) is 101 Å². The van der Waals surface area contributed by atoms with Gasteiger partial charge in [0.2, 0.25) is 71.4 Å². The van der Waals surface area contributed by atoms with Gasteiger partial charge in [-0.2, -0.15) is 80.2 Å². The largest absolute Gasteiger partial charge is 0.368 e. The van der Waals surface area contributed by atoms with E-state index >= 15 is 0 Å². The topological polar surface area (TPSA) is 470 Å². The molecule has 1 aliphatic carbocycles. The molecule has 0 bridgehead atoms. The number of aromatic nitrogens is 20. The smallest absolute Gasteiger partial charge is 0.235 e. The minimum absolute atomic E-state index is 0.00142. The van der Waals surface area contributed by atoms with Gasteiger partial charge in [0.25, 0.3) is 0 Å². The highest BCUT2D eigenvalue weighted by atomic mass is 19.2. The SMILES string of the molecule is C/C=C/c1cc(Nc2nc(N)nc(NC(C)c3ccc(F)cc3F)n2)n[nH]1.CC(C)c1cc(Nc2nc(N)nc(NC(C)c3ccc(F)cc3F)n2)n[nH]1.CC(Nc1nc(N)nc(Nc2cc(C3CCC3)[nH]n2)n1)c1ccc(F)cc1F.Cc1cc(Nc2nc(N)nc(NC(C)c3ccc(F)cc3F)n2)n[nH]1. The van der Waals surface area contributed by atoms with E-state index in [9.17, 15) is 35.1 Å². The molecule has 558 valence electrons. The van der Waals surface area contributed by atoms with Crippen molar-refractivity contribution in [2.45, 2.75) is 111 Å². The van der Waals surface area contributed by atoms with Crippen molar-refractivity contribution in [2.24, 2.45) is 0 Å². The maximum Gasteiger partial charge on any atom is 0.235 e. The van der Waals surface area contributed by atoms with Gasteiger partial charge in [-0.1, -0.05) is 50.6 Å². The molecule has 20 N–H and O–H groups in total. The van der Waals surface area contributed by atoms with E-state index < -0.39 is 70.7 Å². The summed E-state index contributed by atoms with van der Waals surface area (Å²) in [5, 5.41) is 51.5. The van der Waals surface area contributed by atoms with Gasteiger partial charge in [-0.15, -0.1) is 0 Å².